The fraction of sp³-hybridized carbons (Fsp3) is 0.448. The molecule has 1 aromatic carbocycles. The second-order valence-electron chi connectivity index (χ2n) is 10.9. The van der Waals surface area contributed by atoms with Crippen LogP contribution in [-0.2, 0) is 16.0 Å². The molecule has 2 aromatic heterocycles. The first-order valence-corrected chi connectivity index (χ1v) is 13.5. The van der Waals surface area contributed by atoms with Crippen LogP contribution in [0.5, 0.6) is 0 Å². The van der Waals surface area contributed by atoms with Gasteiger partial charge in [-0.15, -0.1) is 0 Å². The van der Waals surface area contributed by atoms with Gasteiger partial charge in [-0.2, -0.15) is 5.10 Å². The highest BCUT2D eigenvalue weighted by Gasteiger charge is 2.39. The lowest BCUT2D eigenvalue weighted by Crippen LogP contribution is -2.51. The first-order chi connectivity index (χ1) is 19.0. The Bertz CT molecular complexity index is 1480. The maximum Gasteiger partial charge on any atom is 0.277 e. The summed E-state index contributed by atoms with van der Waals surface area (Å²) in [7, 11) is 3.45. The minimum Gasteiger partial charge on any atom is -0.383 e. The Hall–Kier alpha value is -4.28. The topological polar surface area (TPSA) is 139 Å². The van der Waals surface area contributed by atoms with Gasteiger partial charge in [0, 0.05) is 26.3 Å². The molecule has 3 heterocycles. The summed E-state index contributed by atoms with van der Waals surface area (Å²) in [6.07, 6.45) is 4.51. The van der Waals surface area contributed by atoms with E-state index in [0.29, 0.717) is 23.3 Å². The third-order valence-electron chi connectivity index (χ3n) is 7.83. The lowest BCUT2D eigenvalue weighted by molar-refractivity contribution is -0.132. The molecule has 0 spiro atoms. The first-order valence-electron chi connectivity index (χ1n) is 13.5. The zero-order valence-electron chi connectivity index (χ0n) is 24.1. The number of likely N-dealkylation sites (tertiary alicyclic amines) is 1. The van der Waals surface area contributed by atoms with Gasteiger partial charge in [0.05, 0.1) is 23.9 Å². The van der Waals surface area contributed by atoms with Crippen LogP contribution in [-0.4, -0.2) is 74.0 Å². The predicted molar refractivity (Wildman–Crippen MR) is 155 cm³/mol. The number of benzene rings is 1. The van der Waals surface area contributed by atoms with Crippen LogP contribution in [0.3, 0.4) is 0 Å². The number of amides is 3. The Balaban J connectivity index is 1.73. The van der Waals surface area contributed by atoms with E-state index in [2.05, 4.69) is 35.7 Å². The maximum atomic E-state index is 13.7. The van der Waals surface area contributed by atoms with E-state index in [4.69, 9.17) is 10.8 Å². The van der Waals surface area contributed by atoms with E-state index in [-0.39, 0.29) is 47.7 Å². The molecule has 0 aliphatic carbocycles. The second kappa shape index (κ2) is 11.4. The van der Waals surface area contributed by atoms with Crippen molar-refractivity contribution in [1.82, 2.24) is 29.5 Å². The summed E-state index contributed by atoms with van der Waals surface area (Å²) >= 11 is 0. The van der Waals surface area contributed by atoms with Crippen LogP contribution in [0.1, 0.15) is 59.9 Å². The number of nitrogen functional groups attached to an aromatic ring is 1. The smallest absolute Gasteiger partial charge is 0.277 e. The molecule has 11 nitrogen and oxygen atoms in total. The molecule has 212 valence electrons. The summed E-state index contributed by atoms with van der Waals surface area (Å²) in [5, 5.41) is 8.11. The molecule has 2 unspecified atom stereocenters. The summed E-state index contributed by atoms with van der Waals surface area (Å²) in [4.78, 5) is 50.6. The van der Waals surface area contributed by atoms with Crippen LogP contribution >= 0.6 is 0 Å². The van der Waals surface area contributed by atoms with E-state index < -0.39 is 5.91 Å². The van der Waals surface area contributed by atoms with Crippen LogP contribution in [0.2, 0.25) is 0 Å². The maximum absolute atomic E-state index is 13.7. The summed E-state index contributed by atoms with van der Waals surface area (Å²) < 4.78 is 1.74. The van der Waals surface area contributed by atoms with Gasteiger partial charge in [0.2, 0.25) is 11.8 Å². The largest absolute Gasteiger partial charge is 0.383 e. The summed E-state index contributed by atoms with van der Waals surface area (Å²) in [5.74, 6) is -0.298. The van der Waals surface area contributed by atoms with Crippen molar-refractivity contribution in [1.29, 1.82) is 0 Å². The van der Waals surface area contributed by atoms with Crippen molar-refractivity contribution < 1.29 is 14.4 Å². The molecule has 3 N–H and O–H groups in total. The molecule has 0 radical (unpaired) electrons. The second-order valence-corrected chi connectivity index (χ2v) is 10.9. The number of nitrogens with two attached hydrogens (primary N) is 1. The fourth-order valence-corrected chi connectivity index (χ4v) is 5.54. The van der Waals surface area contributed by atoms with E-state index in [1.54, 1.807) is 29.7 Å². The molecule has 40 heavy (non-hydrogen) atoms. The van der Waals surface area contributed by atoms with Crippen LogP contribution in [0, 0.1) is 19.8 Å². The van der Waals surface area contributed by atoms with Gasteiger partial charge in [-0.3, -0.25) is 14.4 Å². The summed E-state index contributed by atoms with van der Waals surface area (Å²) in [6, 6.07) is 3.27. The lowest BCUT2D eigenvalue weighted by Gasteiger charge is -2.43. The third kappa shape index (κ3) is 5.28. The number of fused-ring (bicyclic) bond motifs is 1. The SMILES string of the molecule is C=CC(=O)N1CCCC(n2nc(C(=O)Nc3ccc(CC(=O)N(C)C)c(C)c3C)c3c(N)ncnc32)C1C(C)C. The molecular weight excluding hydrogens is 508 g/mol. The molecule has 0 saturated carbocycles. The minimum atomic E-state index is -0.444. The number of carbonyl (C=O) groups is 3. The summed E-state index contributed by atoms with van der Waals surface area (Å²) in [5.41, 5.74) is 10.1. The zero-order chi connectivity index (χ0) is 29.3. The highest BCUT2D eigenvalue weighted by atomic mass is 16.2. The van der Waals surface area contributed by atoms with E-state index in [0.717, 1.165) is 29.5 Å². The van der Waals surface area contributed by atoms with Crippen LogP contribution in [0.4, 0.5) is 11.5 Å². The quantitative estimate of drug-likeness (QED) is 0.434. The zero-order valence-corrected chi connectivity index (χ0v) is 24.1. The molecule has 1 aliphatic heterocycles. The Labute approximate surface area is 234 Å². The molecule has 0 bridgehead atoms. The molecule has 1 saturated heterocycles. The van der Waals surface area contributed by atoms with E-state index >= 15 is 0 Å². The van der Waals surface area contributed by atoms with Crippen molar-refractivity contribution in [2.24, 2.45) is 5.92 Å². The third-order valence-corrected chi connectivity index (χ3v) is 7.83. The summed E-state index contributed by atoms with van der Waals surface area (Å²) in [6.45, 7) is 12.3. The predicted octanol–water partition coefficient (Wildman–Crippen LogP) is 3.28. The van der Waals surface area contributed by atoms with Crippen LogP contribution in [0.15, 0.2) is 31.1 Å². The minimum absolute atomic E-state index is 0.00235. The number of nitrogens with zero attached hydrogens (tertiary/aromatic N) is 6. The number of hydrogen-bond donors (Lipinski definition) is 2. The van der Waals surface area contributed by atoms with Gasteiger partial charge in [0.15, 0.2) is 11.3 Å². The van der Waals surface area contributed by atoms with Crippen molar-refractivity contribution in [2.75, 3.05) is 31.7 Å². The van der Waals surface area contributed by atoms with Crippen molar-refractivity contribution in [3.05, 3.63) is 53.5 Å². The standard InChI is InChI=1S/C29H38N8O3/c1-8-22(38)36-13-9-10-21(26(36)16(2)3)37-28-24(27(30)31-15-32-28)25(34-37)29(40)33-20-12-11-19(17(4)18(20)5)14-23(39)35(6)7/h8,11-12,15-16,21,26H,1,9-10,13-14H2,2-7H3,(H,33,40)(H2,30,31,32). The first kappa shape index (κ1) is 28.7. The number of aromatic nitrogens is 4. The van der Waals surface area contributed by atoms with Crippen LogP contribution < -0.4 is 11.1 Å². The number of anilines is 2. The van der Waals surface area contributed by atoms with Crippen molar-refractivity contribution in [3.8, 4) is 0 Å². The number of rotatable bonds is 7. The number of nitrogens with one attached hydrogen (secondary N) is 1. The van der Waals surface area contributed by atoms with Crippen molar-refractivity contribution >= 4 is 40.3 Å². The molecular formula is C29H38N8O3. The van der Waals surface area contributed by atoms with Gasteiger partial charge in [-0.25, -0.2) is 14.6 Å². The molecule has 2 atom stereocenters. The Morgan fingerprint density at radius 2 is 1.93 bits per heavy atom. The average molecular weight is 547 g/mol. The van der Waals surface area contributed by atoms with Gasteiger partial charge in [-0.05, 0) is 61.4 Å². The fourth-order valence-electron chi connectivity index (χ4n) is 5.54. The molecule has 1 aliphatic rings. The Kier molecular flexibility index (Phi) is 8.22. The molecule has 1 fully saturated rings. The molecule has 4 rings (SSSR count). The number of piperidine rings is 1. The Morgan fingerprint density at radius 1 is 1.20 bits per heavy atom. The van der Waals surface area contributed by atoms with E-state index in [9.17, 15) is 14.4 Å². The van der Waals surface area contributed by atoms with Gasteiger partial charge in [0.1, 0.15) is 12.1 Å². The van der Waals surface area contributed by atoms with Gasteiger partial charge < -0.3 is 20.9 Å². The number of likely N-dealkylation sites (N-methyl/N-ethyl adjacent to an activating group) is 1. The van der Waals surface area contributed by atoms with Gasteiger partial charge in [-0.1, -0.05) is 26.5 Å². The van der Waals surface area contributed by atoms with E-state index in [1.807, 2.05) is 24.8 Å². The van der Waals surface area contributed by atoms with Gasteiger partial charge >= 0.3 is 0 Å². The normalized spacial score (nSPS) is 17.2. The monoisotopic (exact) mass is 546 g/mol. The lowest BCUT2D eigenvalue weighted by atomic mass is 9.88. The highest BCUT2D eigenvalue weighted by Crippen LogP contribution is 2.36. The van der Waals surface area contributed by atoms with Gasteiger partial charge in [0.25, 0.3) is 5.91 Å². The Morgan fingerprint density at radius 3 is 2.58 bits per heavy atom. The number of carbonyl (C=O) groups excluding carboxylic acids is 3. The number of hydrogen-bond acceptors (Lipinski definition) is 7. The average Bonchev–Trinajstić information content (AvgIpc) is 3.32. The highest BCUT2D eigenvalue weighted by molar-refractivity contribution is 6.13. The molecule has 3 amide bonds. The van der Waals surface area contributed by atoms with Crippen molar-refractivity contribution in [3.63, 3.8) is 0 Å². The molecule has 11 heteroatoms. The van der Waals surface area contributed by atoms with Crippen molar-refractivity contribution in [2.45, 2.75) is 59.0 Å². The van der Waals surface area contributed by atoms with Crippen LogP contribution in [0.25, 0.3) is 11.0 Å². The van der Waals surface area contributed by atoms with E-state index in [1.165, 1.54) is 12.4 Å². The molecule has 3 aromatic rings.